The van der Waals surface area contributed by atoms with E-state index in [1.807, 2.05) is 6.26 Å². The van der Waals surface area contributed by atoms with Gasteiger partial charge in [0.1, 0.15) is 0 Å². The molecule has 0 saturated heterocycles. The van der Waals surface area contributed by atoms with Crippen molar-refractivity contribution >= 4 is 23.6 Å². The molecular formula is C11H18N4O2S. The Hall–Kier alpha value is -1.34. The highest BCUT2D eigenvalue weighted by atomic mass is 32.2. The minimum absolute atomic E-state index is 0.219. The van der Waals surface area contributed by atoms with Crippen LogP contribution < -0.4 is 15.8 Å². The van der Waals surface area contributed by atoms with Crippen LogP contribution in [-0.4, -0.2) is 41.0 Å². The van der Waals surface area contributed by atoms with Crippen molar-refractivity contribution in [3.8, 4) is 5.88 Å². The maximum absolute atomic E-state index is 11.8. The summed E-state index contributed by atoms with van der Waals surface area (Å²) >= 11 is 1.65. The predicted molar refractivity (Wildman–Crippen MR) is 72.9 cm³/mol. The summed E-state index contributed by atoms with van der Waals surface area (Å²) in [6.07, 6.45) is 2.59. The number of anilines is 1. The highest BCUT2D eigenvalue weighted by Gasteiger charge is 2.14. The number of aromatic nitrogens is 2. The lowest BCUT2D eigenvalue weighted by Crippen LogP contribution is -2.36. The number of hydrogen-bond donors (Lipinski definition) is 2. The minimum Gasteiger partial charge on any atom is -0.481 e. The second-order valence-corrected chi connectivity index (χ2v) is 4.74. The number of rotatable bonds is 6. The normalized spacial score (nSPS) is 12.0. The van der Waals surface area contributed by atoms with Crippen LogP contribution in [-0.2, 0) is 4.79 Å². The van der Waals surface area contributed by atoms with Crippen molar-refractivity contribution < 1.29 is 9.53 Å². The molecule has 100 valence electrons. The third kappa shape index (κ3) is 4.50. The third-order valence-corrected chi connectivity index (χ3v) is 2.89. The summed E-state index contributed by atoms with van der Waals surface area (Å²) < 4.78 is 5.01. The Morgan fingerprint density at radius 1 is 1.61 bits per heavy atom. The number of carbonyl (C=O) groups excluding carboxylic acids is 1. The molecule has 0 fully saturated rings. The molecule has 0 unspecified atom stereocenters. The first-order valence-electron chi connectivity index (χ1n) is 5.52. The molecule has 1 rings (SSSR count). The van der Waals surface area contributed by atoms with E-state index < -0.39 is 6.04 Å². The number of hydrogen-bond acceptors (Lipinski definition) is 6. The van der Waals surface area contributed by atoms with Gasteiger partial charge >= 0.3 is 0 Å². The first-order chi connectivity index (χ1) is 8.56. The molecule has 0 aromatic carbocycles. The lowest BCUT2D eigenvalue weighted by molar-refractivity contribution is -0.117. The third-order valence-electron chi connectivity index (χ3n) is 2.24. The van der Waals surface area contributed by atoms with Gasteiger partial charge in [0, 0.05) is 11.8 Å². The highest BCUT2D eigenvalue weighted by Crippen LogP contribution is 2.11. The number of thioether (sulfide) groups is 1. The Labute approximate surface area is 111 Å². The summed E-state index contributed by atoms with van der Waals surface area (Å²) in [4.78, 5) is 19.9. The molecule has 1 amide bonds. The molecule has 0 radical (unpaired) electrons. The van der Waals surface area contributed by atoms with Crippen molar-refractivity contribution in [2.45, 2.75) is 19.4 Å². The van der Waals surface area contributed by atoms with Gasteiger partial charge in [-0.2, -0.15) is 16.7 Å². The fourth-order valence-corrected chi connectivity index (χ4v) is 1.77. The van der Waals surface area contributed by atoms with E-state index in [9.17, 15) is 4.79 Å². The van der Waals surface area contributed by atoms with Crippen molar-refractivity contribution in [2.75, 3.05) is 24.4 Å². The molecule has 1 aromatic rings. The van der Waals surface area contributed by atoms with Crippen molar-refractivity contribution in [3.05, 3.63) is 11.8 Å². The maximum Gasteiger partial charge on any atom is 0.243 e. The van der Waals surface area contributed by atoms with E-state index >= 15 is 0 Å². The number of carbonyl (C=O) groups is 1. The van der Waals surface area contributed by atoms with Gasteiger partial charge in [-0.05, 0) is 25.4 Å². The van der Waals surface area contributed by atoms with Crippen molar-refractivity contribution in [2.24, 2.45) is 5.73 Å². The van der Waals surface area contributed by atoms with E-state index in [0.717, 1.165) is 11.4 Å². The van der Waals surface area contributed by atoms with Gasteiger partial charge < -0.3 is 10.5 Å². The maximum atomic E-state index is 11.8. The number of nitrogens with two attached hydrogens (primary N) is 1. The molecular weight excluding hydrogens is 252 g/mol. The molecule has 1 atom stereocenters. The molecule has 0 bridgehead atoms. The fraction of sp³-hybridized carbons (Fsp3) is 0.545. The van der Waals surface area contributed by atoms with E-state index in [-0.39, 0.29) is 11.9 Å². The van der Waals surface area contributed by atoms with E-state index in [1.54, 1.807) is 24.8 Å². The van der Waals surface area contributed by atoms with E-state index in [0.29, 0.717) is 12.3 Å². The molecule has 6 nitrogen and oxygen atoms in total. The number of ether oxygens (including phenoxy) is 1. The average molecular weight is 270 g/mol. The van der Waals surface area contributed by atoms with Gasteiger partial charge in [-0.1, -0.05) is 0 Å². The smallest absolute Gasteiger partial charge is 0.243 e. The number of methoxy groups -OCH3 is 1. The Kier molecular flexibility index (Phi) is 5.87. The second-order valence-electron chi connectivity index (χ2n) is 3.75. The SMILES string of the molecule is COc1cc(C)nc(NC(=O)[C@H](N)CCSC)n1. The number of nitrogens with zero attached hydrogens (tertiary/aromatic N) is 2. The van der Waals surface area contributed by atoms with Crippen molar-refractivity contribution in [1.82, 2.24) is 9.97 Å². The number of amides is 1. The number of aryl methyl sites for hydroxylation is 1. The monoisotopic (exact) mass is 270 g/mol. The van der Waals surface area contributed by atoms with Crippen molar-refractivity contribution in [3.63, 3.8) is 0 Å². The summed E-state index contributed by atoms with van der Waals surface area (Å²) in [7, 11) is 1.51. The summed E-state index contributed by atoms with van der Waals surface area (Å²) in [6.45, 7) is 1.80. The zero-order valence-corrected chi connectivity index (χ0v) is 11.6. The van der Waals surface area contributed by atoms with Gasteiger partial charge in [0.2, 0.25) is 17.7 Å². The van der Waals surface area contributed by atoms with Crippen LogP contribution in [0.1, 0.15) is 12.1 Å². The molecule has 1 heterocycles. The van der Waals surface area contributed by atoms with E-state index in [4.69, 9.17) is 10.5 Å². The Bertz CT molecular complexity index is 414. The van der Waals surface area contributed by atoms with Gasteiger partial charge in [-0.25, -0.2) is 4.98 Å². The topological polar surface area (TPSA) is 90.1 Å². The standard InChI is InChI=1S/C11H18N4O2S/c1-7-6-9(17-2)14-11(13-7)15-10(16)8(12)4-5-18-3/h6,8H,4-5,12H2,1-3H3,(H,13,14,15,16)/t8-/m1/s1. The van der Waals surface area contributed by atoms with Crippen LogP contribution >= 0.6 is 11.8 Å². The Balaban J connectivity index is 2.66. The van der Waals surface area contributed by atoms with Gasteiger partial charge in [0.15, 0.2) is 0 Å². The van der Waals surface area contributed by atoms with Crippen LogP contribution in [0.2, 0.25) is 0 Å². The molecule has 18 heavy (non-hydrogen) atoms. The summed E-state index contributed by atoms with van der Waals surface area (Å²) in [5.41, 5.74) is 6.46. The first-order valence-corrected chi connectivity index (χ1v) is 6.91. The summed E-state index contributed by atoms with van der Waals surface area (Å²) in [5.74, 6) is 1.19. The van der Waals surface area contributed by atoms with Crippen molar-refractivity contribution in [1.29, 1.82) is 0 Å². The van der Waals surface area contributed by atoms with Crippen LogP contribution in [0.15, 0.2) is 6.07 Å². The average Bonchev–Trinajstić information content (AvgIpc) is 2.34. The highest BCUT2D eigenvalue weighted by molar-refractivity contribution is 7.98. The molecule has 7 heteroatoms. The summed E-state index contributed by atoms with van der Waals surface area (Å²) in [6, 6.07) is 1.14. The molecule has 3 N–H and O–H groups in total. The predicted octanol–water partition coefficient (Wildman–Crippen LogP) is 0.813. The molecule has 0 spiro atoms. The first kappa shape index (κ1) is 14.7. The zero-order chi connectivity index (χ0) is 13.5. The van der Waals surface area contributed by atoms with Crippen LogP contribution in [0.5, 0.6) is 5.88 Å². The molecule has 0 saturated carbocycles. The van der Waals surface area contributed by atoms with Gasteiger partial charge in [-0.3, -0.25) is 10.1 Å². The molecule has 0 aliphatic heterocycles. The van der Waals surface area contributed by atoms with E-state index in [1.165, 1.54) is 7.11 Å². The van der Waals surface area contributed by atoms with Gasteiger partial charge in [0.25, 0.3) is 0 Å². The quantitative estimate of drug-likeness (QED) is 0.795. The molecule has 0 aliphatic rings. The lowest BCUT2D eigenvalue weighted by Gasteiger charge is -2.11. The minimum atomic E-state index is -0.549. The van der Waals surface area contributed by atoms with E-state index in [2.05, 4.69) is 15.3 Å². The molecule has 1 aromatic heterocycles. The van der Waals surface area contributed by atoms with Gasteiger partial charge in [-0.15, -0.1) is 0 Å². The fourth-order valence-electron chi connectivity index (χ4n) is 1.28. The van der Waals surface area contributed by atoms with Crippen LogP contribution in [0.4, 0.5) is 5.95 Å². The van der Waals surface area contributed by atoms with Crippen LogP contribution in [0.25, 0.3) is 0 Å². The lowest BCUT2D eigenvalue weighted by atomic mass is 10.2. The largest absolute Gasteiger partial charge is 0.481 e. The van der Waals surface area contributed by atoms with Crippen LogP contribution in [0.3, 0.4) is 0 Å². The van der Waals surface area contributed by atoms with Crippen LogP contribution in [0, 0.1) is 6.92 Å². The Morgan fingerprint density at radius 2 is 2.33 bits per heavy atom. The number of nitrogens with one attached hydrogen (secondary N) is 1. The summed E-state index contributed by atoms with van der Waals surface area (Å²) in [5, 5.41) is 2.59. The van der Waals surface area contributed by atoms with Gasteiger partial charge in [0.05, 0.1) is 13.2 Å². The second kappa shape index (κ2) is 7.17. The Morgan fingerprint density at radius 3 is 2.94 bits per heavy atom. The molecule has 0 aliphatic carbocycles. The zero-order valence-electron chi connectivity index (χ0n) is 10.8.